The summed E-state index contributed by atoms with van der Waals surface area (Å²) in [5.41, 5.74) is -6.34. The summed E-state index contributed by atoms with van der Waals surface area (Å²) in [5.74, 6) is -6.46. The van der Waals surface area contributed by atoms with Gasteiger partial charge in [-0.25, -0.2) is 0 Å². The Morgan fingerprint density at radius 1 is 1.14 bits per heavy atom. The third-order valence-electron chi connectivity index (χ3n) is 5.92. The number of alkyl halides is 8. The van der Waals surface area contributed by atoms with Crippen LogP contribution in [0.25, 0.3) is 22.7 Å². The second-order valence-corrected chi connectivity index (χ2v) is 8.63. The van der Waals surface area contributed by atoms with E-state index in [9.17, 15) is 39.9 Å². The second kappa shape index (κ2) is 8.38. The van der Waals surface area contributed by atoms with E-state index in [1.165, 1.54) is 18.2 Å². The smallest absolute Gasteiger partial charge is 0.356 e. The molecule has 1 aromatic carbocycles. The Bertz CT molecular complexity index is 1380. The first kappa shape index (κ1) is 26.3. The number of aromatic nitrogens is 3. The molecule has 0 radical (unpaired) electrons. The minimum absolute atomic E-state index is 0.137. The fourth-order valence-electron chi connectivity index (χ4n) is 3.77. The predicted molar refractivity (Wildman–Crippen MR) is 112 cm³/mol. The number of hydrogen-bond acceptors (Lipinski definition) is 5. The highest BCUT2D eigenvalue weighted by molar-refractivity contribution is 5.99. The van der Waals surface area contributed by atoms with Crippen LogP contribution in [0.15, 0.2) is 28.8 Å². The van der Waals surface area contributed by atoms with Crippen molar-refractivity contribution in [1.29, 1.82) is 5.41 Å². The van der Waals surface area contributed by atoms with Crippen molar-refractivity contribution in [2.75, 3.05) is 0 Å². The van der Waals surface area contributed by atoms with Crippen molar-refractivity contribution in [3.05, 3.63) is 46.6 Å². The molecular weight excluding hydrogens is 518 g/mol. The molecule has 1 aliphatic rings. The number of amides is 1. The maximum atomic E-state index is 13.9. The maximum absolute atomic E-state index is 13.9. The summed E-state index contributed by atoms with van der Waals surface area (Å²) >= 11 is 0. The summed E-state index contributed by atoms with van der Waals surface area (Å²) in [5, 5.41) is 16.4. The Morgan fingerprint density at radius 2 is 1.78 bits per heavy atom. The van der Waals surface area contributed by atoms with Gasteiger partial charge in [-0.2, -0.15) is 40.2 Å². The van der Waals surface area contributed by atoms with Gasteiger partial charge in [-0.1, -0.05) is 11.2 Å². The predicted octanol–water partition coefficient (Wildman–Crippen LogP) is 5.64. The van der Waals surface area contributed by atoms with Crippen molar-refractivity contribution >= 4 is 12.1 Å². The van der Waals surface area contributed by atoms with Gasteiger partial charge >= 0.3 is 18.3 Å². The van der Waals surface area contributed by atoms with Crippen molar-refractivity contribution in [3.63, 3.8) is 0 Å². The Balaban J connectivity index is 1.72. The molecule has 0 atom stereocenters. The zero-order valence-electron chi connectivity index (χ0n) is 19.0. The molecule has 0 saturated heterocycles. The molecule has 15 heteroatoms. The van der Waals surface area contributed by atoms with Gasteiger partial charge in [0, 0.05) is 30.5 Å². The highest BCUT2D eigenvalue weighted by atomic mass is 19.4. The monoisotopic (exact) mass is 535 g/mol. The summed E-state index contributed by atoms with van der Waals surface area (Å²) < 4.78 is 113. The molecule has 7 nitrogen and oxygen atoms in total. The van der Waals surface area contributed by atoms with Crippen molar-refractivity contribution in [3.8, 4) is 22.7 Å². The van der Waals surface area contributed by atoms with Gasteiger partial charge in [-0.15, -0.1) is 0 Å². The highest BCUT2D eigenvalue weighted by Gasteiger charge is 2.64. The van der Waals surface area contributed by atoms with Gasteiger partial charge in [-0.05, 0) is 37.5 Å². The lowest BCUT2D eigenvalue weighted by Gasteiger charge is -2.19. The molecule has 1 amide bonds. The van der Waals surface area contributed by atoms with Gasteiger partial charge in [0.25, 0.3) is 5.91 Å². The third kappa shape index (κ3) is 4.57. The number of nitrogens with one attached hydrogen (secondary N) is 2. The van der Waals surface area contributed by atoms with Crippen LogP contribution in [0, 0.1) is 12.3 Å². The van der Waals surface area contributed by atoms with E-state index >= 15 is 0 Å². The van der Waals surface area contributed by atoms with Crippen molar-refractivity contribution in [2.45, 2.75) is 43.6 Å². The first-order valence-electron chi connectivity index (χ1n) is 10.5. The van der Waals surface area contributed by atoms with Gasteiger partial charge < -0.3 is 15.2 Å². The third-order valence-corrected chi connectivity index (χ3v) is 5.92. The van der Waals surface area contributed by atoms with E-state index in [-0.39, 0.29) is 21.6 Å². The number of halogens is 8. The SMILES string of the molecule is Cc1cc(-c2cc(-c3c(C(F)(F)F)c(C(F)(F)C(F)(F)F)nn3C)no2)ccc1C(=O)NC1(C=N)CC1. The number of aryl methyl sites for hydroxylation is 2. The Labute approximate surface area is 202 Å². The molecule has 1 saturated carbocycles. The minimum Gasteiger partial charge on any atom is -0.356 e. The van der Waals surface area contributed by atoms with Crippen LogP contribution in [0.1, 0.15) is 40.0 Å². The molecule has 37 heavy (non-hydrogen) atoms. The lowest BCUT2D eigenvalue weighted by Crippen LogP contribution is -2.38. The summed E-state index contributed by atoms with van der Waals surface area (Å²) in [6.07, 6.45) is -9.55. The van der Waals surface area contributed by atoms with E-state index in [4.69, 9.17) is 9.93 Å². The van der Waals surface area contributed by atoms with Crippen LogP contribution in [0.5, 0.6) is 0 Å². The van der Waals surface area contributed by atoms with Gasteiger partial charge in [0.15, 0.2) is 11.5 Å². The van der Waals surface area contributed by atoms with Crippen molar-refractivity contribution < 1.29 is 44.4 Å². The zero-order valence-corrected chi connectivity index (χ0v) is 19.0. The van der Waals surface area contributed by atoms with Gasteiger partial charge in [-0.3, -0.25) is 9.48 Å². The summed E-state index contributed by atoms with van der Waals surface area (Å²) in [6.45, 7) is 1.58. The van der Waals surface area contributed by atoms with E-state index < -0.39 is 52.4 Å². The van der Waals surface area contributed by atoms with Crippen LogP contribution < -0.4 is 5.32 Å². The average Bonchev–Trinajstić information content (AvgIpc) is 3.21. The average molecular weight is 535 g/mol. The molecule has 0 unspecified atom stereocenters. The van der Waals surface area contributed by atoms with Crippen LogP contribution >= 0.6 is 0 Å². The molecule has 2 N–H and O–H groups in total. The molecule has 4 rings (SSSR count). The molecule has 2 aromatic heterocycles. The van der Waals surface area contributed by atoms with Crippen LogP contribution in [-0.4, -0.2) is 38.8 Å². The molecule has 2 heterocycles. The van der Waals surface area contributed by atoms with E-state index in [1.54, 1.807) is 6.92 Å². The molecule has 0 spiro atoms. The Hall–Kier alpha value is -3.78. The van der Waals surface area contributed by atoms with E-state index in [0.717, 1.165) is 19.3 Å². The minimum atomic E-state index is -6.32. The normalized spacial score (nSPS) is 15.5. The van der Waals surface area contributed by atoms with Gasteiger partial charge in [0.05, 0.1) is 5.54 Å². The van der Waals surface area contributed by atoms with E-state index in [0.29, 0.717) is 18.4 Å². The molecule has 0 bridgehead atoms. The number of hydrogen-bond donors (Lipinski definition) is 2. The zero-order chi connectivity index (χ0) is 27.6. The fourth-order valence-corrected chi connectivity index (χ4v) is 3.77. The standard InChI is InChI=1S/C22H17F8N5O2/c1-10-7-11(3-4-12(10)18(36)32-19(9-31)5-6-19)14-8-13(34-37-14)16-15(21(25,26)27)17(33-35(16)2)20(23,24)22(28,29)30/h3-4,7-9,31H,5-6H2,1-2H3,(H,32,36). The molecular formula is C22H17F8N5O2. The van der Waals surface area contributed by atoms with Crippen LogP contribution in [-0.2, 0) is 19.1 Å². The van der Waals surface area contributed by atoms with Crippen molar-refractivity contribution in [2.24, 2.45) is 7.05 Å². The lowest BCUT2D eigenvalue weighted by molar-refractivity contribution is -0.292. The molecule has 198 valence electrons. The molecule has 3 aromatic rings. The number of rotatable bonds is 6. The summed E-state index contributed by atoms with van der Waals surface area (Å²) in [4.78, 5) is 12.5. The highest BCUT2D eigenvalue weighted by Crippen LogP contribution is 2.50. The first-order valence-corrected chi connectivity index (χ1v) is 10.5. The van der Waals surface area contributed by atoms with E-state index in [2.05, 4.69) is 15.6 Å². The maximum Gasteiger partial charge on any atom is 0.459 e. The Kier molecular flexibility index (Phi) is 5.95. The second-order valence-electron chi connectivity index (χ2n) is 8.63. The first-order chi connectivity index (χ1) is 17.0. The van der Waals surface area contributed by atoms with Crippen LogP contribution in [0.3, 0.4) is 0 Å². The number of benzene rings is 1. The number of carbonyl (C=O) groups is 1. The molecule has 1 aliphatic carbocycles. The van der Waals surface area contributed by atoms with Gasteiger partial charge in [0.2, 0.25) is 0 Å². The topological polar surface area (TPSA) is 96.8 Å². The van der Waals surface area contributed by atoms with Crippen molar-refractivity contribution in [1.82, 2.24) is 20.3 Å². The molecule has 1 fully saturated rings. The van der Waals surface area contributed by atoms with Crippen LogP contribution in [0.4, 0.5) is 35.1 Å². The Morgan fingerprint density at radius 3 is 2.30 bits per heavy atom. The fraction of sp³-hybridized carbons (Fsp3) is 0.364. The number of nitrogens with zero attached hydrogens (tertiary/aromatic N) is 3. The molecule has 0 aliphatic heterocycles. The van der Waals surface area contributed by atoms with Gasteiger partial charge in [0.1, 0.15) is 17.0 Å². The van der Waals surface area contributed by atoms with Crippen LogP contribution in [0.2, 0.25) is 0 Å². The van der Waals surface area contributed by atoms with E-state index in [1.807, 2.05) is 0 Å². The number of carbonyl (C=O) groups excluding carboxylic acids is 1. The summed E-state index contributed by atoms with van der Waals surface area (Å²) in [7, 11) is 0.771. The lowest BCUT2D eigenvalue weighted by atomic mass is 10.0. The summed E-state index contributed by atoms with van der Waals surface area (Å²) in [6, 6.07) is 5.20. The quantitative estimate of drug-likeness (QED) is 0.316. The largest absolute Gasteiger partial charge is 0.459 e.